The Morgan fingerprint density at radius 1 is 0.828 bits per heavy atom. The molecule has 1 amide bonds. The summed E-state index contributed by atoms with van der Waals surface area (Å²) in [5, 5.41) is 3.37. The highest BCUT2D eigenvalue weighted by Gasteiger charge is 2.22. The molecule has 29 heavy (non-hydrogen) atoms. The average Bonchev–Trinajstić information content (AvgIpc) is 2.79. The van der Waals surface area contributed by atoms with Crippen molar-refractivity contribution in [2.24, 2.45) is 0 Å². The molecule has 0 aromatic heterocycles. The lowest BCUT2D eigenvalue weighted by atomic mass is 10.1. The topological polar surface area (TPSA) is 38.8 Å². The van der Waals surface area contributed by atoms with Crippen molar-refractivity contribution >= 4 is 23.0 Å². The fourth-order valence-corrected chi connectivity index (χ4v) is 4.18. The van der Waals surface area contributed by atoms with Crippen LogP contribution in [-0.4, -0.2) is 56.6 Å². The highest BCUT2D eigenvalue weighted by Crippen LogP contribution is 2.28. The van der Waals surface area contributed by atoms with E-state index in [1.807, 2.05) is 11.0 Å². The lowest BCUT2D eigenvalue weighted by Crippen LogP contribution is -2.50. The molecule has 0 spiro atoms. The van der Waals surface area contributed by atoms with Gasteiger partial charge in [-0.2, -0.15) is 0 Å². The highest BCUT2D eigenvalue weighted by atomic mass is 19.1. The monoisotopic (exact) mass is 396 g/mol. The van der Waals surface area contributed by atoms with Gasteiger partial charge >= 0.3 is 0 Å². The van der Waals surface area contributed by atoms with E-state index in [9.17, 15) is 9.18 Å². The normalized spacial score (nSPS) is 17.3. The van der Waals surface area contributed by atoms with Gasteiger partial charge in [-0.1, -0.05) is 12.1 Å². The number of benzene rings is 2. The molecule has 0 unspecified atom stereocenters. The van der Waals surface area contributed by atoms with E-state index in [-0.39, 0.29) is 11.7 Å². The summed E-state index contributed by atoms with van der Waals surface area (Å²) in [6, 6.07) is 14.8. The fraction of sp³-hybridized carbons (Fsp3) is 0.435. The number of para-hydroxylation sites is 2. The summed E-state index contributed by atoms with van der Waals surface area (Å²) in [4.78, 5) is 19.3. The Balaban J connectivity index is 1.30. The van der Waals surface area contributed by atoms with Gasteiger partial charge in [0.1, 0.15) is 5.82 Å². The average molecular weight is 397 g/mol. The first-order valence-corrected chi connectivity index (χ1v) is 10.6. The van der Waals surface area contributed by atoms with Crippen LogP contribution in [0.5, 0.6) is 0 Å². The van der Waals surface area contributed by atoms with Crippen LogP contribution in [-0.2, 0) is 4.79 Å². The van der Waals surface area contributed by atoms with Gasteiger partial charge in [-0.3, -0.25) is 4.79 Å². The second-order valence-electron chi connectivity index (χ2n) is 7.76. The Morgan fingerprint density at radius 3 is 2.24 bits per heavy atom. The number of carbonyl (C=O) groups is 1. The standard InChI is InChI=1S/C23H29FN4O/c24-19-8-10-20(11-9-19)26-14-16-28(17-15-26)23(29)18-25-21-6-2-3-7-22(21)27-12-4-1-5-13-27/h2-3,6-11,25H,1,4-5,12-18H2. The van der Waals surface area contributed by atoms with Crippen LogP contribution in [0.1, 0.15) is 19.3 Å². The summed E-state index contributed by atoms with van der Waals surface area (Å²) in [6.45, 7) is 5.37. The molecule has 5 nitrogen and oxygen atoms in total. The van der Waals surface area contributed by atoms with E-state index in [0.717, 1.165) is 37.6 Å². The fourth-order valence-electron chi connectivity index (χ4n) is 4.18. The van der Waals surface area contributed by atoms with E-state index in [0.29, 0.717) is 19.6 Å². The van der Waals surface area contributed by atoms with Gasteiger partial charge in [-0.05, 0) is 55.7 Å². The van der Waals surface area contributed by atoms with E-state index in [4.69, 9.17) is 0 Å². The van der Waals surface area contributed by atoms with Gasteiger partial charge in [-0.25, -0.2) is 4.39 Å². The molecule has 2 aliphatic heterocycles. The molecule has 2 saturated heterocycles. The van der Waals surface area contributed by atoms with Crippen molar-refractivity contribution in [2.45, 2.75) is 19.3 Å². The number of nitrogens with zero attached hydrogens (tertiary/aromatic N) is 3. The smallest absolute Gasteiger partial charge is 0.241 e. The maximum atomic E-state index is 13.1. The molecule has 2 heterocycles. The lowest BCUT2D eigenvalue weighted by molar-refractivity contribution is -0.129. The van der Waals surface area contributed by atoms with Crippen molar-refractivity contribution in [1.29, 1.82) is 0 Å². The molecule has 0 aliphatic carbocycles. The first-order valence-electron chi connectivity index (χ1n) is 10.6. The second-order valence-corrected chi connectivity index (χ2v) is 7.76. The first kappa shape index (κ1) is 19.6. The van der Waals surface area contributed by atoms with Gasteiger partial charge in [0, 0.05) is 45.0 Å². The minimum Gasteiger partial charge on any atom is -0.374 e. The molecule has 2 aromatic carbocycles. The van der Waals surface area contributed by atoms with Crippen LogP contribution in [0, 0.1) is 5.82 Å². The van der Waals surface area contributed by atoms with E-state index in [1.54, 1.807) is 12.1 Å². The molecule has 2 aliphatic rings. The summed E-state index contributed by atoms with van der Waals surface area (Å²) >= 11 is 0. The second kappa shape index (κ2) is 9.16. The molecule has 0 bridgehead atoms. The molecule has 0 saturated carbocycles. The lowest BCUT2D eigenvalue weighted by Gasteiger charge is -2.36. The zero-order valence-corrected chi connectivity index (χ0v) is 16.8. The molecule has 1 N–H and O–H groups in total. The van der Waals surface area contributed by atoms with Crippen LogP contribution in [0.2, 0.25) is 0 Å². The van der Waals surface area contributed by atoms with Gasteiger partial charge in [0.2, 0.25) is 5.91 Å². The zero-order valence-electron chi connectivity index (χ0n) is 16.8. The number of nitrogens with one attached hydrogen (secondary N) is 1. The third-order valence-corrected chi connectivity index (χ3v) is 5.86. The Labute approximate surface area is 172 Å². The maximum Gasteiger partial charge on any atom is 0.241 e. The first-order chi connectivity index (χ1) is 14.2. The van der Waals surface area contributed by atoms with Crippen molar-refractivity contribution < 1.29 is 9.18 Å². The van der Waals surface area contributed by atoms with Crippen LogP contribution < -0.4 is 15.1 Å². The highest BCUT2D eigenvalue weighted by molar-refractivity contribution is 5.83. The number of piperazine rings is 1. The summed E-state index contributed by atoms with van der Waals surface area (Å²) < 4.78 is 13.1. The molecular weight excluding hydrogens is 367 g/mol. The molecule has 154 valence electrons. The van der Waals surface area contributed by atoms with Crippen LogP contribution in [0.15, 0.2) is 48.5 Å². The van der Waals surface area contributed by atoms with Crippen molar-refractivity contribution in [1.82, 2.24) is 4.90 Å². The zero-order chi connectivity index (χ0) is 20.1. The van der Waals surface area contributed by atoms with E-state index in [2.05, 4.69) is 33.3 Å². The number of anilines is 3. The van der Waals surface area contributed by atoms with Gasteiger partial charge in [-0.15, -0.1) is 0 Å². The predicted molar refractivity (Wildman–Crippen MR) is 116 cm³/mol. The number of hydrogen-bond donors (Lipinski definition) is 1. The Morgan fingerprint density at radius 2 is 1.52 bits per heavy atom. The summed E-state index contributed by atoms with van der Waals surface area (Å²) in [5.74, 6) is -0.101. The summed E-state index contributed by atoms with van der Waals surface area (Å²) in [7, 11) is 0. The number of hydrogen-bond acceptors (Lipinski definition) is 4. The predicted octanol–water partition coefficient (Wildman–Crippen LogP) is 3.58. The van der Waals surface area contributed by atoms with Gasteiger partial charge in [0.15, 0.2) is 0 Å². The summed E-state index contributed by atoms with van der Waals surface area (Å²) in [5.41, 5.74) is 3.24. The van der Waals surface area contributed by atoms with Gasteiger partial charge < -0.3 is 20.0 Å². The van der Waals surface area contributed by atoms with E-state index in [1.165, 1.54) is 37.1 Å². The minimum atomic E-state index is -0.224. The number of rotatable bonds is 5. The quantitative estimate of drug-likeness (QED) is 0.839. The Kier molecular flexibility index (Phi) is 6.17. The van der Waals surface area contributed by atoms with Crippen molar-refractivity contribution in [3.8, 4) is 0 Å². The van der Waals surface area contributed by atoms with Crippen molar-refractivity contribution in [3.63, 3.8) is 0 Å². The molecule has 2 aromatic rings. The van der Waals surface area contributed by atoms with Crippen molar-refractivity contribution in [3.05, 3.63) is 54.3 Å². The molecule has 4 rings (SSSR count). The third-order valence-electron chi connectivity index (χ3n) is 5.86. The minimum absolute atomic E-state index is 0.122. The van der Waals surface area contributed by atoms with Crippen LogP contribution in [0.3, 0.4) is 0 Å². The number of halogens is 1. The third kappa shape index (κ3) is 4.81. The molecule has 6 heteroatoms. The van der Waals surface area contributed by atoms with E-state index >= 15 is 0 Å². The molecular formula is C23H29FN4O. The Bertz CT molecular complexity index is 812. The maximum absolute atomic E-state index is 13.1. The summed E-state index contributed by atoms with van der Waals surface area (Å²) in [6.07, 6.45) is 3.76. The van der Waals surface area contributed by atoms with Crippen LogP contribution in [0.4, 0.5) is 21.5 Å². The van der Waals surface area contributed by atoms with Crippen LogP contribution >= 0.6 is 0 Å². The van der Waals surface area contributed by atoms with Crippen molar-refractivity contribution in [2.75, 3.05) is 60.9 Å². The SMILES string of the molecule is O=C(CNc1ccccc1N1CCCCC1)N1CCN(c2ccc(F)cc2)CC1. The molecule has 0 atom stereocenters. The van der Waals surface area contributed by atoms with E-state index < -0.39 is 0 Å². The van der Waals surface area contributed by atoms with Gasteiger partial charge in [0.25, 0.3) is 0 Å². The Hall–Kier alpha value is -2.76. The number of piperidine rings is 1. The molecule has 2 fully saturated rings. The molecule has 0 radical (unpaired) electrons. The number of amides is 1. The van der Waals surface area contributed by atoms with Gasteiger partial charge in [0.05, 0.1) is 17.9 Å². The van der Waals surface area contributed by atoms with Crippen LogP contribution in [0.25, 0.3) is 0 Å². The number of carbonyl (C=O) groups excluding carboxylic acids is 1. The largest absolute Gasteiger partial charge is 0.374 e.